The van der Waals surface area contributed by atoms with Gasteiger partial charge in [0, 0.05) is 13.1 Å². The SMILES string of the molecule is CCNC(=O)CN(CC)CC1(O)CCC(C(=O)O)CC1. The first-order valence-corrected chi connectivity index (χ1v) is 7.34. The van der Waals surface area contributed by atoms with Crippen LogP contribution in [0.4, 0.5) is 0 Å². The van der Waals surface area contributed by atoms with Crippen LogP contribution in [0.15, 0.2) is 0 Å². The molecule has 6 heteroatoms. The smallest absolute Gasteiger partial charge is 0.306 e. The molecule has 20 heavy (non-hydrogen) atoms. The zero-order valence-electron chi connectivity index (χ0n) is 12.4. The van der Waals surface area contributed by atoms with Crippen molar-refractivity contribution in [2.24, 2.45) is 5.92 Å². The highest BCUT2D eigenvalue weighted by molar-refractivity contribution is 5.77. The zero-order chi connectivity index (χ0) is 15.2. The van der Waals surface area contributed by atoms with E-state index >= 15 is 0 Å². The second-order valence-electron chi connectivity index (χ2n) is 5.59. The van der Waals surface area contributed by atoms with E-state index in [0.717, 1.165) is 0 Å². The highest BCUT2D eigenvalue weighted by Crippen LogP contribution is 2.32. The molecule has 0 aromatic carbocycles. The van der Waals surface area contributed by atoms with Crippen molar-refractivity contribution in [3.8, 4) is 0 Å². The van der Waals surface area contributed by atoms with Crippen LogP contribution in [0.2, 0.25) is 0 Å². The second kappa shape index (κ2) is 7.59. The van der Waals surface area contributed by atoms with Gasteiger partial charge < -0.3 is 15.5 Å². The van der Waals surface area contributed by atoms with Crippen LogP contribution in [0.3, 0.4) is 0 Å². The summed E-state index contributed by atoms with van der Waals surface area (Å²) >= 11 is 0. The minimum atomic E-state index is -0.867. The van der Waals surface area contributed by atoms with Gasteiger partial charge in [0.2, 0.25) is 5.91 Å². The molecule has 1 amide bonds. The molecule has 0 saturated heterocycles. The number of carboxylic acid groups (broad SMARTS) is 1. The Morgan fingerprint density at radius 1 is 1.30 bits per heavy atom. The summed E-state index contributed by atoms with van der Waals surface area (Å²) in [7, 11) is 0. The molecule has 116 valence electrons. The van der Waals surface area contributed by atoms with Crippen molar-refractivity contribution in [1.82, 2.24) is 10.2 Å². The van der Waals surface area contributed by atoms with Gasteiger partial charge in [-0.25, -0.2) is 0 Å². The van der Waals surface area contributed by atoms with Gasteiger partial charge in [0.25, 0.3) is 0 Å². The average molecular weight is 286 g/mol. The van der Waals surface area contributed by atoms with Gasteiger partial charge in [-0.05, 0) is 39.2 Å². The number of carbonyl (C=O) groups excluding carboxylic acids is 1. The van der Waals surface area contributed by atoms with E-state index in [2.05, 4.69) is 5.32 Å². The maximum Gasteiger partial charge on any atom is 0.306 e. The third kappa shape index (κ3) is 5.09. The number of aliphatic hydroxyl groups is 1. The molecule has 0 unspecified atom stereocenters. The standard InChI is InChI=1S/C14H26N2O4/c1-3-15-12(17)9-16(4-2)10-14(20)7-5-11(6-8-14)13(18)19/h11,20H,3-10H2,1-2H3,(H,15,17)(H,18,19). The molecule has 0 heterocycles. The fourth-order valence-corrected chi connectivity index (χ4v) is 2.71. The molecule has 0 aliphatic heterocycles. The van der Waals surface area contributed by atoms with E-state index in [4.69, 9.17) is 5.11 Å². The summed E-state index contributed by atoms with van der Waals surface area (Å²) < 4.78 is 0. The van der Waals surface area contributed by atoms with Gasteiger partial charge in [-0.3, -0.25) is 14.5 Å². The van der Waals surface area contributed by atoms with Crippen LogP contribution >= 0.6 is 0 Å². The number of aliphatic carboxylic acids is 1. The zero-order valence-corrected chi connectivity index (χ0v) is 12.4. The molecule has 0 aromatic rings. The Balaban J connectivity index is 2.48. The number of likely N-dealkylation sites (N-methyl/N-ethyl adjacent to an activating group) is 2. The van der Waals surface area contributed by atoms with Crippen molar-refractivity contribution in [3.05, 3.63) is 0 Å². The average Bonchev–Trinajstić information content (AvgIpc) is 2.38. The maximum atomic E-state index is 11.6. The summed E-state index contributed by atoms with van der Waals surface area (Å²) in [6, 6.07) is 0. The minimum absolute atomic E-state index is 0.0443. The molecule has 1 aliphatic rings. The highest BCUT2D eigenvalue weighted by atomic mass is 16.4. The summed E-state index contributed by atoms with van der Waals surface area (Å²) in [5, 5.41) is 22.3. The van der Waals surface area contributed by atoms with Crippen LogP contribution in [0.1, 0.15) is 39.5 Å². The summed E-state index contributed by atoms with van der Waals surface area (Å²) in [6.45, 7) is 5.80. The van der Waals surface area contributed by atoms with Crippen LogP contribution in [0.5, 0.6) is 0 Å². The van der Waals surface area contributed by atoms with E-state index in [9.17, 15) is 14.7 Å². The van der Waals surface area contributed by atoms with Crippen molar-refractivity contribution in [2.75, 3.05) is 26.2 Å². The summed E-state index contributed by atoms with van der Waals surface area (Å²) in [5.41, 5.74) is -0.867. The first kappa shape index (κ1) is 16.9. The maximum absolute atomic E-state index is 11.6. The van der Waals surface area contributed by atoms with Gasteiger partial charge in [-0.1, -0.05) is 6.92 Å². The lowest BCUT2D eigenvalue weighted by molar-refractivity contribution is -0.145. The molecule has 3 N–H and O–H groups in total. The normalized spacial score (nSPS) is 26.5. The van der Waals surface area contributed by atoms with E-state index in [1.54, 1.807) is 0 Å². The fraction of sp³-hybridized carbons (Fsp3) is 0.857. The monoisotopic (exact) mass is 286 g/mol. The minimum Gasteiger partial charge on any atom is -0.481 e. The van der Waals surface area contributed by atoms with Gasteiger partial charge in [-0.2, -0.15) is 0 Å². The van der Waals surface area contributed by atoms with Crippen molar-refractivity contribution >= 4 is 11.9 Å². The van der Waals surface area contributed by atoms with Crippen LogP contribution in [-0.2, 0) is 9.59 Å². The lowest BCUT2D eigenvalue weighted by Crippen LogP contribution is -2.48. The molecule has 6 nitrogen and oxygen atoms in total. The van der Waals surface area contributed by atoms with Crippen molar-refractivity contribution in [2.45, 2.75) is 45.1 Å². The Morgan fingerprint density at radius 3 is 2.35 bits per heavy atom. The van der Waals surface area contributed by atoms with E-state index in [0.29, 0.717) is 45.3 Å². The van der Waals surface area contributed by atoms with Gasteiger partial charge in [0.1, 0.15) is 0 Å². The first-order valence-electron chi connectivity index (χ1n) is 7.34. The highest BCUT2D eigenvalue weighted by Gasteiger charge is 2.37. The molecule has 0 bridgehead atoms. The topological polar surface area (TPSA) is 89.9 Å². The third-order valence-electron chi connectivity index (χ3n) is 3.97. The van der Waals surface area contributed by atoms with E-state index < -0.39 is 11.6 Å². The Kier molecular flexibility index (Phi) is 6.42. The number of carboxylic acids is 1. The molecular formula is C14H26N2O4. The lowest BCUT2D eigenvalue weighted by atomic mass is 9.78. The first-order chi connectivity index (χ1) is 9.40. The lowest BCUT2D eigenvalue weighted by Gasteiger charge is -2.38. The van der Waals surface area contributed by atoms with Crippen molar-refractivity contribution in [1.29, 1.82) is 0 Å². The van der Waals surface area contributed by atoms with Gasteiger partial charge in [0.15, 0.2) is 0 Å². The Hall–Kier alpha value is -1.14. The predicted molar refractivity (Wildman–Crippen MR) is 75.3 cm³/mol. The molecule has 0 aromatic heterocycles. The van der Waals surface area contributed by atoms with Crippen LogP contribution in [0, 0.1) is 5.92 Å². The number of hydrogen-bond donors (Lipinski definition) is 3. The molecule has 1 saturated carbocycles. The van der Waals surface area contributed by atoms with E-state index in [-0.39, 0.29) is 18.4 Å². The molecule has 0 radical (unpaired) electrons. The number of nitrogens with zero attached hydrogens (tertiary/aromatic N) is 1. The Labute approximate surface area is 120 Å². The largest absolute Gasteiger partial charge is 0.481 e. The summed E-state index contributed by atoms with van der Waals surface area (Å²) in [5.74, 6) is -1.16. The number of rotatable bonds is 7. The molecule has 0 spiro atoms. The van der Waals surface area contributed by atoms with Gasteiger partial charge in [0.05, 0.1) is 18.1 Å². The van der Waals surface area contributed by atoms with E-state index in [1.807, 2.05) is 18.7 Å². The fourth-order valence-electron chi connectivity index (χ4n) is 2.71. The van der Waals surface area contributed by atoms with E-state index in [1.165, 1.54) is 0 Å². The molecule has 0 atom stereocenters. The van der Waals surface area contributed by atoms with Gasteiger partial charge >= 0.3 is 5.97 Å². The quantitative estimate of drug-likeness (QED) is 0.632. The van der Waals surface area contributed by atoms with Crippen molar-refractivity contribution in [3.63, 3.8) is 0 Å². The number of amides is 1. The molecule has 1 fully saturated rings. The number of carbonyl (C=O) groups is 2. The Bertz CT molecular complexity index is 338. The summed E-state index contributed by atoms with van der Waals surface area (Å²) in [6.07, 6.45) is 1.97. The predicted octanol–water partition coefficient (Wildman–Crippen LogP) is 0.450. The molecular weight excluding hydrogens is 260 g/mol. The van der Waals surface area contributed by atoms with Crippen molar-refractivity contribution < 1.29 is 19.8 Å². The third-order valence-corrected chi connectivity index (χ3v) is 3.97. The number of nitrogens with one attached hydrogen (secondary N) is 1. The summed E-state index contributed by atoms with van der Waals surface area (Å²) in [4.78, 5) is 24.4. The Morgan fingerprint density at radius 2 is 1.90 bits per heavy atom. The molecule has 1 rings (SSSR count). The number of hydrogen-bond acceptors (Lipinski definition) is 4. The van der Waals surface area contributed by atoms with Crippen LogP contribution in [-0.4, -0.2) is 58.8 Å². The molecule has 1 aliphatic carbocycles. The van der Waals surface area contributed by atoms with Crippen LogP contribution < -0.4 is 5.32 Å². The van der Waals surface area contributed by atoms with Crippen LogP contribution in [0.25, 0.3) is 0 Å². The van der Waals surface area contributed by atoms with Gasteiger partial charge in [-0.15, -0.1) is 0 Å². The second-order valence-corrected chi connectivity index (χ2v) is 5.59.